The lowest BCUT2D eigenvalue weighted by atomic mass is 9.97. The maximum atomic E-state index is 6.42. The molecule has 1 unspecified atom stereocenters. The van der Waals surface area contributed by atoms with Crippen molar-refractivity contribution in [2.45, 2.75) is 32.9 Å². The second-order valence-electron chi connectivity index (χ2n) is 5.19. The topological polar surface area (TPSA) is 35.2 Å². The Morgan fingerprint density at radius 2 is 1.80 bits per heavy atom. The van der Waals surface area contributed by atoms with Gasteiger partial charge in [0.25, 0.3) is 0 Å². The number of nitrogens with two attached hydrogens (primary N) is 1. The summed E-state index contributed by atoms with van der Waals surface area (Å²) < 4.78 is 6.95. The zero-order valence-electron chi connectivity index (χ0n) is 12.1. The third-order valence-electron chi connectivity index (χ3n) is 3.16. The zero-order chi connectivity index (χ0) is 14.7. The standard InChI is InChI=1S/C17H20BrNO/c1-11(2)20-16-7-5-4-6-14(16)17(19)13-8-9-15(18)12(3)10-13/h4-11,17H,19H2,1-3H3. The van der Waals surface area contributed by atoms with Gasteiger partial charge in [0.05, 0.1) is 12.1 Å². The van der Waals surface area contributed by atoms with Crippen LogP contribution in [0.2, 0.25) is 0 Å². The summed E-state index contributed by atoms with van der Waals surface area (Å²) in [6.07, 6.45) is 0.134. The summed E-state index contributed by atoms with van der Waals surface area (Å²) >= 11 is 3.52. The van der Waals surface area contributed by atoms with Gasteiger partial charge in [-0.3, -0.25) is 0 Å². The molecule has 0 aliphatic carbocycles. The summed E-state index contributed by atoms with van der Waals surface area (Å²) in [7, 11) is 0. The van der Waals surface area contributed by atoms with E-state index in [1.54, 1.807) is 0 Å². The van der Waals surface area contributed by atoms with Crippen molar-refractivity contribution in [3.8, 4) is 5.75 Å². The highest BCUT2D eigenvalue weighted by molar-refractivity contribution is 9.10. The number of aryl methyl sites for hydroxylation is 1. The fraction of sp³-hybridized carbons (Fsp3) is 0.294. The SMILES string of the molecule is Cc1cc(C(N)c2ccccc2OC(C)C)ccc1Br. The van der Waals surface area contributed by atoms with Gasteiger partial charge in [-0.25, -0.2) is 0 Å². The Hall–Kier alpha value is -1.32. The van der Waals surface area contributed by atoms with Crippen LogP contribution in [-0.2, 0) is 0 Å². The predicted octanol–water partition coefficient (Wildman–Crippen LogP) is 4.59. The van der Waals surface area contributed by atoms with Crippen molar-refractivity contribution < 1.29 is 4.74 Å². The third kappa shape index (κ3) is 3.41. The molecule has 2 nitrogen and oxygen atoms in total. The molecule has 0 radical (unpaired) electrons. The summed E-state index contributed by atoms with van der Waals surface area (Å²) in [6.45, 7) is 6.11. The minimum absolute atomic E-state index is 0.134. The Kier molecular flexibility index (Phi) is 4.84. The first-order valence-electron chi connectivity index (χ1n) is 6.76. The Balaban J connectivity index is 2.37. The number of para-hydroxylation sites is 1. The normalized spacial score (nSPS) is 12.5. The van der Waals surface area contributed by atoms with Crippen molar-refractivity contribution in [3.63, 3.8) is 0 Å². The highest BCUT2D eigenvalue weighted by atomic mass is 79.9. The molecule has 0 aliphatic heterocycles. The molecule has 2 N–H and O–H groups in total. The third-order valence-corrected chi connectivity index (χ3v) is 4.05. The highest BCUT2D eigenvalue weighted by Gasteiger charge is 2.15. The fourth-order valence-corrected chi connectivity index (χ4v) is 2.39. The molecule has 106 valence electrons. The first kappa shape index (κ1) is 15.1. The second kappa shape index (κ2) is 6.42. The molecule has 2 rings (SSSR count). The Labute approximate surface area is 129 Å². The van der Waals surface area contributed by atoms with Gasteiger partial charge in [-0.15, -0.1) is 0 Å². The summed E-state index contributed by atoms with van der Waals surface area (Å²) in [5, 5.41) is 0. The maximum Gasteiger partial charge on any atom is 0.124 e. The lowest BCUT2D eigenvalue weighted by Crippen LogP contribution is -2.15. The molecule has 20 heavy (non-hydrogen) atoms. The van der Waals surface area contributed by atoms with Crippen molar-refractivity contribution >= 4 is 15.9 Å². The fourth-order valence-electron chi connectivity index (χ4n) is 2.14. The van der Waals surface area contributed by atoms with Gasteiger partial charge in [-0.05, 0) is 44.0 Å². The first-order chi connectivity index (χ1) is 9.49. The van der Waals surface area contributed by atoms with Gasteiger partial charge in [0.15, 0.2) is 0 Å². The minimum Gasteiger partial charge on any atom is -0.491 e. The molecule has 0 heterocycles. The van der Waals surface area contributed by atoms with Crippen LogP contribution < -0.4 is 10.5 Å². The van der Waals surface area contributed by atoms with E-state index >= 15 is 0 Å². The van der Waals surface area contributed by atoms with E-state index in [-0.39, 0.29) is 12.1 Å². The molecule has 0 aliphatic rings. The van der Waals surface area contributed by atoms with E-state index in [9.17, 15) is 0 Å². The zero-order valence-corrected chi connectivity index (χ0v) is 13.6. The average Bonchev–Trinajstić information content (AvgIpc) is 2.41. The molecule has 2 aromatic carbocycles. The molecule has 0 bridgehead atoms. The van der Waals surface area contributed by atoms with Gasteiger partial charge in [0.2, 0.25) is 0 Å². The van der Waals surface area contributed by atoms with E-state index in [1.807, 2.05) is 50.2 Å². The first-order valence-corrected chi connectivity index (χ1v) is 7.55. The smallest absolute Gasteiger partial charge is 0.124 e. The number of benzene rings is 2. The molecule has 2 aromatic rings. The number of ether oxygens (including phenoxy) is 1. The van der Waals surface area contributed by atoms with Gasteiger partial charge in [0.1, 0.15) is 5.75 Å². The predicted molar refractivity (Wildman–Crippen MR) is 87.1 cm³/mol. The minimum atomic E-state index is -0.184. The summed E-state index contributed by atoms with van der Waals surface area (Å²) in [5.74, 6) is 0.857. The van der Waals surface area contributed by atoms with E-state index in [4.69, 9.17) is 10.5 Å². The molecule has 0 spiro atoms. The van der Waals surface area contributed by atoms with E-state index in [0.717, 1.165) is 21.3 Å². The summed E-state index contributed by atoms with van der Waals surface area (Å²) in [6, 6.07) is 14.0. The van der Waals surface area contributed by atoms with Crippen molar-refractivity contribution in [2.75, 3.05) is 0 Å². The quantitative estimate of drug-likeness (QED) is 0.887. The van der Waals surface area contributed by atoms with Crippen molar-refractivity contribution in [2.24, 2.45) is 5.73 Å². The molecule has 0 aromatic heterocycles. The second-order valence-corrected chi connectivity index (χ2v) is 6.05. The number of hydrogen-bond donors (Lipinski definition) is 1. The molecule has 1 atom stereocenters. The highest BCUT2D eigenvalue weighted by Crippen LogP contribution is 2.30. The van der Waals surface area contributed by atoms with Gasteiger partial charge in [-0.1, -0.05) is 46.3 Å². The van der Waals surface area contributed by atoms with Crippen LogP contribution in [0.25, 0.3) is 0 Å². The maximum absolute atomic E-state index is 6.42. The van der Waals surface area contributed by atoms with E-state index < -0.39 is 0 Å². The number of hydrogen-bond acceptors (Lipinski definition) is 2. The number of rotatable bonds is 4. The van der Waals surface area contributed by atoms with Crippen LogP contribution >= 0.6 is 15.9 Å². The molecule has 0 saturated carbocycles. The van der Waals surface area contributed by atoms with Crippen LogP contribution in [0, 0.1) is 6.92 Å². The molecular formula is C17H20BrNO. The Bertz CT molecular complexity index is 595. The van der Waals surface area contributed by atoms with Gasteiger partial charge in [-0.2, -0.15) is 0 Å². The van der Waals surface area contributed by atoms with Gasteiger partial charge in [0, 0.05) is 10.0 Å². The van der Waals surface area contributed by atoms with Crippen molar-refractivity contribution in [1.82, 2.24) is 0 Å². The Morgan fingerprint density at radius 3 is 2.45 bits per heavy atom. The Morgan fingerprint density at radius 1 is 1.10 bits per heavy atom. The van der Waals surface area contributed by atoms with Crippen LogP contribution in [0.3, 0.4) is 0 Å². The largest absolute Gasteiger partial charge is 0.491 e. The van der Waals surface area contributed by atoms with Crippen LogP contribution in [0.1, 0.15) is 36.6 Å². The van der Waals surface area contributed by atoms with Crippen LogP contribution in [0.15, 0.2) is 46.9 Å². The van der Waals surface area contributed by atoms with Crippen LogP contribution in [0.5, 0.6) is 5.75 Å². The lowest BCUT2D eigenvalue weighted by molar-refractivity contribution is 0.239. The van der Waals surface area contributed by atoms with Gasteiger partial charge >= 0.3 is 0 Å². The molecule has 3 heteroatoms. The van der Waals surface area contributed by atoms with Crippen LogP contribution in [-0.4, -0.2) is 6.10 Å². The number of halogens is 1. The molecule has 0 saturated heterocycles. The van der Waals surface area contributed by atoms with Gasteiger partial charge < -0.3 is 10.5 Å². The van der Waals surface area contributed by atoms with E-state index in [1.165, 1.54) is 5.56 Å². The summed E-state index contributed by atoms with van der Waals surface area (Å²) in [4.78, 5) is 0. The molecule has 0 fully saturated rings. The van der Waals surface area contributed by atoms with E-state index in [2.05, 4.69) is 28.9 Å². The molecule has 0 amide bonds. The van der Waals surface area contributed by atoms with Crippen molar-refractivity contribution in [1.29, 1.82) is 0 Å². The van der Waals surface area contributed by atoms with Crippen LogP contribution in [0.4, 0.5) is 0 Å². The molecular weight excluding hydrogens is 314 g/mol. The van der Waals surface area contributed by atoms with Crippen molar-refractivity contribution in [3.05, 3.63) is 63.6 Å². The summed E-state index contributed by atoms with van der Waals surface area (Å²) in [5.41, 5.74) is 9.70. The van der Waals surface area contributed by atoms with E-state index in [0.29, 0.717) is 0 Å². The monoisotopic (exact) mass is 333 g/mol. The lowest BCUT2D eigenvalue weighted by Gasteiger charge is -2.19. The average molecular weight is 334 g/mol.